The maximum absolute atomic E-state index is 13.2. The molecule has 1 saturated heterocycles. The SMILES string of the molecule is O=C(CCCN1C(=O)/C(=C/C=C/c2ccccc2)SC1=S)Nc1cccc(F)c1. The molecule has 0 atom stereocenters. The first-order chi connectivity index (χ1) is 14.0. The van der Waals surface area contributed by atoms with Gasteiger partial charge in [-0.05, 0) is 36.3 Å². The number of carbonyl (C=O) groups is 2. The molecule has 0 unspecified atom stereocenters. The molecule has 1 aliphatic heterocycles. The van der Waals surface area contributed by atoms with Gasteiger partial charge >= 0.3 is 0 Å². The van der Waals surface area contributed by atoms with E-state index in [2.05, 4.69) is 5.32 Å². The van der Waals surface area contributed by atoms with Crippen LogP contribution in [-0.4, -0.2) is 27.6 Å². The van der Waals surface area contributed by atoms with Crippen LogP contribution in [0, 0.1) is 5.82 Å². The lowest BCUT2D eigenvalue weighted by atomic mass is 10.2. The first kappa shape index (κ1) is 21.0. The Bertz CT molecular complexity index is 974. The number of allylic oxidation sites excluding steroid dienone is 2. The number of nitrogens with zero attached hydrogens (tertiary/aromatic N) is 1. The quantitative estimate of drug-likeness (QED) is 0.500. The van der Waals surface area contributed by atoms with Crippen LogP contribution < -0.4 is 5.32 Å². The van der Waals surface area contributed by atoms with E-state index in [0.29, 0.717) is 27.9 Å². The minimum atomic E-state index is -0.409. The first-order valence-corrected chi connectivity index (χ1v) is 10.3. The summed E-state index contributed by atoms with van der Waals surface area (Å²) in [6.07, 6.45) is 6.17. The number of halogens is 1. The molecule has 0 bridgehead atoms. The van der Waals surface area contributed by atoms with Gasteiger partial charge in [-0.15, -0.1) is 0 Å². The molecule has 0 saturated carbocycles. The molecule has 4 nitrogen and oxygen atoms in total. The van der Waals surface area contributed by atoms with Crippen LogP contribution in [0.2, 0.25) is 0 Å². The van der Waals surface area contributed by atoms with Gasteiger partial charge in [0.25, 0.3) is 5.91 Å². The Morgan fingerprint density at radius 1 is 1.17 bits per heavy atom. The molecule has 2 amide bonds. The van der Waals surface area contributed by atoms with E-state index in [1.165, 1.54) is 34.9 Å². The molecule has 7 heteroatoms. The van der Waals surface area contributed by atoms with Crippen molar-refractivity contribution in [3.8, 4) is 0 Å². The molecular formula is C22H19FN2O2S2. The Labute approximate surface area is 178 Å². The summed E-state index contributed by atoms with van der Waals surface area (Å²) < 4.78 is 13.6. The monoisotopic (exact) mass is 426 g/mol. The van der Waals surface area contributed by atoms with Crippen LogP contribution in [0.4, 0.5) is 10.1 Å². The number of nitrogens with one attached hydrogen (secondary N) is 1. The molecule has 29 heavy (non-hydrogen) atoms. The normalized spacial score (nSPS) is 15.5. The lowest BCUT2D eigenvalue weighted by Gasteiger charge is -2.14. The van der Waals surface area contributed by atoms with Crippen molar-refractivity contribution < 1.29 is 14.0 Å². The zero-order chi connectivity index (χ0) is 20.6. The van der Waals surface area contributed by atoms with E-state index in [9.17, 15) is 14.0 Å². The van der Waals surface area contributed by atoms with Gasteiger partial charge < -0.3 is 5.32 Å². The summed E-state index contributed by atoms with van der Waals surface area (Å²) >= 11 is 6.55. The Balaban J connectivity index is 1.49. The minimum Gasteiger partial charge on any atom is -0.326 e. The van der Waals surface area contributed by atoms with Gasteiger partial charge in [-0.25, -0.2) is 4.39 Å². The van der Waals surface area contributed by atoms with Gasteiger partial charge in [-0.1, -0.05) is 72.5 Å². The molecule has 0 aliphatic carbocycles. The maximum atomic E-state index is 13.2. The highest BCUT2D eigenvalue weighted by Crippen LogP contribution is 2.31. The van der Waals surface area contributed by atoms with E-state index in [1.807, 2.05) is 42.5 Å². The van der Waals surface area contributed by atoms with E-state index in [-0.39, 0.29) is 18.2 Å². The summed E-state index contributed by atoms with van der Waals surface area (Å²) in [7, 11) is 0. The van der Waals surface area contributed by atoms with Gasteiger partial charge in [0.2, 0.25) is 5.91 Å². The smallest absolute Gasteiger partial charge is 0.266 e. The topological polar surface area (TPSA) is 49.4 Å². The summed E-state index contributed by atoms with van der Waals surface area (Å²) in [5.74, 6) is -0.793. The molecular weight excluding hydrogens is 407 g/mol. The number of thiocarbonyl (C=S) groups is 1. The van der Waals surface area contributed by atoms with Crippen molar-refractivity contribution in [1.82, 2.24) is 4.90 Å². The molecule has 1 heterocycles. The third kappa shape index (κ3) is 6.10. The second-order valence-electron chi connectivity index (χ2n) is 6.29. The van der Waals surface area contributed by atoms with Gasteiger partial charge in [-0.2, -0.15) is 0 Å². The fourth-order valence-corrected chi connectivity index (χ4v) is 3.97. The largest absolute Gasteiger partial charge is 0.326 e. The highest BCUT2D eigenvalue weighted by molar-refractivity contribution is 8.26. The van der Waals surface area contributed by atoms with Crippen molar-refractivity contribution in [3.63, 3.8) is 0 Å². The third-order valence-electron chi connectivity index (χ3n) is 4.10. The Hall–Kier alpha value is -2.77. The molecule has 1 N–H and O–H groups in total. The van der Waals surface area contributed by atoms with Crippen molar-refractivity contribution in [1.29, 1.82) is 0 Å². The molecule has 3 rings (SSSR count). The van der Waals surface area contributed by atoms with Crippen molar-refractivity contribution in [3.05, 3.63) is 83.0 Å². The van der Waals surface area contributed by atoms with Crippen LogP contribution in [0.1, 0.15) is 18.4 Å². The summed E-state index contributed by atoms with van der Waals surface area (Å²) in [6.45, 7) is 0.362. The standard InChI is InChI=1S/C22H19FN2O2S2/c23-17-10-5-11-18(15-17)24-20(26)13-6-14-25-21(27)19(29-22(25)28)12-4-9-16-7-2-1-3-8-16/h1-5,7-12,15H,6,13-14H2,(H,24,26)/b9-4+,19-12-. The fourth-order valence-electron chi connectivity index (χ4n) is 2.71. The zero-order valence-electron chi connectivity index (χ0n) is 15.5. The van der Waals surface area contributed by atoms with Crippen LogP contribution in [0.25, 0.3) is 6.08 Å². The predicted octanol–water partition coefficient (Wildman–Crippen LogP) is 5.00. The van der Waals surface area contributed by atoms with Gasteiger partial charge in [-0.3, -0.25) is 14.5 Å². The number of benzene rings is 2. The summed E-state index contributed by atoms with van der Waals surface area (Å²) in [6, 6.07) is 15.5. The van der Waals surface area contributed by atoms with Gasteiger partial charge in [0.1, 0.15) is 10.1 Å². The lowest BCUT2D eigenvalue weighted by Crippen LogP contribution is -2.29. The molecule has 0 spiro atoms. The van der Waals surface area contributed by atoms with Crippen LogP contribution in [0.5, 0.6) is 0 Å². The molecule has 2 aromatic carbocycles. The van der Waals surface area contributed by atoms with Crippen molar-refractivity contribution in [2.75, 3.05) is 11.9 Å². The number of hydrogen-bond donors (Lipinski definition) is 1. The zero-order valence-corrected chi connectivity index (χ0v) is 17.1. The molecule has 2 aromatic rings. The van der Waals surface area contributed by atoms with Crippen molar-refractivity contribution in [2.24, 2.45) is 0 Å². The summed E-state index contributed by atoms with van der Waals surface area (Å²) in [5.41, 5.74) is 1.46. The molecule has 0 aromatic heterocycles. The minimum absolute atomic E-state index is 0.150. The van der Waals surface area contributed by atoms with Crippen LogP contribution in [0.15, 0.2) is 71.7 Å². The van der Waals surface area contributed by atoms with Crippen LogP contribution in [0.3, 0.4) is 0 Å². The van der Waals surface area contributed by atoms with E-state index in [1.54, 1.807) is 12.1 Å². The highest BCUT2D eigenvalue weighted by Gasteiger charge is 2.31. The molecule has 1 fully saturated rings. The highest BCUT2D eigenvalue weighted by atomic mass is 32.2. The number of rotatable bonds is 7. The average Bonchev–Trinajstić information content (AvgIpc) is 2.96. The second kappa shape index (κ2) is 10.1. The van der Waals surface area contributed by atoms with Crippen molar-refractivity contribution in [2.45, 2.75) is 12.8 Å². The van der Waals surface area contributed by atoms with E-state index in [0.717, 1.165) is 5.56 Å². The second-order valence-corrected chi connectivity index (χ2v) is 7.96. The van der Waals surface area contributed by atoms with E-state index in [4.69, 9.17) is 12.2 Å². The summed E-state index contributed by atoms with van der Waals surface area (Å²) in [4.78, 5) is 26.6. The molecule has 0 radical (unpaired) electrons. The number of hydrogen-bond acceptors (Lipinski definition) is 4. The first-order valence-electron chi connectivity index (χ1n) is 9.05. The average molecular weight is 427 g/mol. The van der Waals surface area contributed by atoms with E-state index >= 15 is 0 Å². The number of anilines is 1. The van der Waals surface area contributed by atoms with Crippen molar-refractivity contribution >= 4 is 51.9 Å². The number of carbonyl (C=O) groups excluding carboxylic acids is 2. The molecule has 148 valence electrons. The lowest BCUT2D eigenvalue weighted by molar-refractivity contribution is -0.122. The fraction of sp³-hybridized carbons (Fsp3) is 0.136. The Morgan fingerprint density at radius 3 is 2.72 bits per heavy atom. The maximum Gasteiger partial charge on any atom is 0.266 e. The van der Waals surface area contributed by atoms with Gasteiger partial charge in [0.15, 0.2) is 0 Å². The van der Waals surface area contributed by atoms with Crippen LogP contribution >= 0.6 is 24.0 Å². The van der Waals surface area contributed by atoms with Gasteiger partial charge in [0.05, 0.1) is 4.91 Å². The van der Waals surface area contributed by atoms with Gasteiger partial charge in [0, 0.05) is 18.7 Å². The third-order valence-corrected chi connectivity index (χ3v) is 5.50. The number of amides is 2. The molecule has 1 aliphatic rings. The Kier molecular flexibility index (Phi) is 7.32. The number of thioether (sulfide) groups is 1. The van der Waals surface area contributed by atoms with E-state index < -0.39 is 5.82 Å². The van der Waals surface area contributed by atoms with Crippen LogP contribution in [-0.2, 0) is 9.59 Å². The summed E-state index contributed by atoms with van der Waals surface area (Å²) in [5, 5.41) is 2.64. The predicted molar refractivity (Wildman–Crippen MR) is 120 cm³/mol. The Morgan fingerprint density at radius 2 is 1.97 bits per heavy atom.